The van der Waals surface area contributed by atoms with Crippen LogP contribution in [0.5, 0.6) is 11.5 Å². The number of hydrogen-bond donors (Lipinski definition) is 2. The second-order valence-electron chi connectivity index (χ2n) is 4.25. The Labute approximate surface area is 134 Å². The third-order valence-electron chi connectivity index (χ3n) is 2.90. The fourth-order valence-corrected chi connectivity index (χ4v) is 1.95. The van der Waals surface area contributed by atoms with Crippen molar-refractivity contribution in [1.29, 1.82) is 2.77 Å². The zero-order valence-electron chi connectivity index (χ0n) is 13.2. The van der Waals surface area contributed by atoms with Gasteiger partial charge >= 0.3 is 20.1 Å². The van der Waals surface area contributed by atoms with E-state index in [2.05, 4.69) is 28.7 Å². The van der Waals surface area contributed by atoms with Crippen molar-refractivity contribution in [3.63, 3.8) is 0 Å². The SMILES string of the molecule is [2H]B=S.[3H]Oc1ccc(-c2nc3cc(O)cc(C=C)c3o2)cc1F. The smallest absolute Gasteiger partial charge is 0.293 e. The Bertz CT molecular complexity index is 904. The van der Waals surface area contributed by atoms with Crippen LogP contribution in [0.3, 0.4) is 0 Å². The van der Waals surface area contributed by atoms with E-state index in [1.807, 2.05) is 0 Å². The van der Waals surface area contributed by atoms with E-state index in [-0.39, 0.29) is 17.4 Å². The quantitative estimate of drug-likeness (QED) is 0.721. The zero-order valence-corrected chi connectivity index (χ0v) is 12.1. The number of nitrogens with zero attached hydrogens (tertiary/aromatic N) is 1. The van der Waals surface area contributed by atoms with E-state index in [0.717, 1.165) is 6.69 Å². The molecule has 22 heavy (non-hydrogen) atoms. The van der Waals surface area contributed by atoms with Crippen molar-refractivity contribution in [2.24, 2.45) is 0 Å². The Morgan fingerprint density at radius 2 is 2.27 bits per heavy atom. The summed E-state index contributed by atoms with van der Waals surface area (Å²) >= 11 is 3.94. The Kier molecular flexibility index (Phi) is 3.88. The topological polar surface area (TPSA) is 66.5 Å². The summed E-state index contributed by atoms with van der Waals surface area (Å²) in [6, 6.07) is 6.97. The number of fused-ring (bicyclic) bond motifs is 1. The largest absolute Gasteiger partial charge is 0.508 e. The van der Waals surface area contributed by atoms with Crippen LogP contribution in [0.25, 0.3) is 28.6 Å². The molecule has 3 aromatic rings. The maximum absolute atomic E-state index is 13.6. The molecule has 3 rings (SSSR count). The van der Waals surface area contributed by atoms with Crippen molar-refractivity contribution in [2.75, 3.05) is 0 Å². The summed E-state index contributed by atoms with van der Waals surface area (Å²) in [5.74, 6) is -0.619. The fraction of sp³-hybridized carbons (Fsp3) is 0. The molecule has 7 heteroatoms. The van der Waals surface area contributed by atoms with E-state index < -0.39 is 5.82 Å². The number of hydrogen-bond acceptors (Lipinski definition) is 5. The van der Waals surface area contributed by atoms with E-state index in [9.17, 15) is 9.50 Å². The van der Waals surface area contributed by atoms with Crippen molar-refractivity contribution in [3.8, 4) is 23.0 Å². The molecule has 0 radical (unpaired) electrons. The van der Waals surface area contributed by atoms with Gasteiger partial charge in [0, 0.05) is 17.2 Å². The number of aromatic nitrogens is 1. The summed E-state index contributed by atoms with van der Waals surface area (Å²) in [6.07, 6.45) is 1.54. The van der Waals surface area contributed by atoms with Crippen LogP contribution in [0.4, 0.5) is 4.39 Å². The van der Waals surface area contributed by atoms with Crippen LogP contribution in [0.15, 0.2) is 41.3 Å². The minimum absolute atomic E-state index is 0.0429. The summed E-state index contributed by atoms with van der Waals surface area (Å²) in [7, 11) is 0. The van der Waals surface area contributed by atoms with Gasteiger partial charge < -0.3 is 14.6 Å². The fourth-order valence-electron chi connectivity index (χ4n) is 1.95. The minimum Gasteiger partial charge on any atom is -0.508 e. The molecule has 110 valence electrons. The standard InChI is InChI=1S/C15H10FNO3.BHS/c1-2-8-5-10(18)7-12-14(8)20-15(17-12)9-3-4-13(19)11(16)6-9;1-2/h2-7,18-19H,1H2;1H/i;1D/hT. The Morgan fingerprint density at radius 3 is 2.91 bits per heavy atom. The van der Waals surface area contributed by atoms with Gasteiger partial charge in [-0.3, -0.25) is 0 Å². The van der Waals surface area contributed by atoms with E-state index in [4.69, 9.17) is 7.18 Å². The van der Waals surface area contributed by atoms with Gasteiger partial charge in [-0.15, -0.1) is 0 Å². The van der Waals surface area contributed by atoms with Gasteiger partial charge in [-0.25, -0.2) is 9.37 Å². The molecular weight excluding hydrogens is 304 g/mol. The molecule has 0 saturated heterocycles. The first-order valence-corrected chi connectivity index (χ1v) is 6.52. The van der Waals surface area contributed by atoms with Crippen molar-refractivity contribution in [3.05, 3.63) is 48.3 Å². The average Bonchev–Trinajstić information content (AvgIpc) is 2.98. The van der Waals surface area contributed by atoms with Crippen LogP contribution in [0, 0.1) is 5.82 Å². The number of oxazole rings is 1. The maximum atomic E-state index is 13.6. The van der Waals surface area contributed by atoms with E-state index in [0.29, 0.717) is 22.2 Å². The van der Waals surface area contributed by atoms with Gasteiger partial charge in [0.2, 0.25) is 5.89 Å². The summed E-state index contributed by atoms with van der Waals surface area (Å²) in [5, 5.41) is 13.7. The number of halogens is 1. The maximum Gasteiger partial charge on any atom is 0.293 e. The normalized spacial score (nSPS) is 10.8. The Hall–Kier alpha value is -2.54. The van der Waals surface area contributed by atoms with Crippen LogP contribution in [0.2, 0.25) is 0 Å². The molecule has 1 heterocycles. The number of aromatic hydroxyl groups is 2. The van der Waals surface area contributed by atoms with Gasteiger partial charge in [-0.1, -0.05) is 12.7 Å². The first-order valence-electron chi connectivity index (χ1n) is 7.03. The van der Waals surface area contributed by atoms with Crippen molar-refractivity contribution >= 4 is 35.9 Å². The molecule has 2 N–H and O–H groups in total. The molecule has 0 saturated carbocycles. The molecule has 0 aliphatic rings. The van der Waals surface area contributed by atoms with Gasteiger partial charge in [0.1, 0.15) is 11.3 Å². The second kappa shape index (κ2) is 6.49. The first-order chi connectivity index (χ1) is 11.5. The molecule has 0 atom stereocenters. The van der Waals surface area contributed by atoms with Crippen molar-refractivity contribution < 1.29 is 19.0 Å². The summed E-state index contributed by atoms with van der Waals surface area (Å²) < 4.78 is 31.8. The van der Waals surface area contributed by atoms with Crippen LogP contribution in [0.1, 0.15) is 5.56 Å². The van der Waals surface area contributed by atoms with Gasteiger partial charge in [0.15, 0.2) is 17.1 Å². The van der Waals surface area contributed by atoms with Gasteiger partial charge in [-0.05, 0) is 24.3 Å². The molecule has 0 unspecified atom stereocenters. The molecular formula is C15H11BFNO3S. The minimum atomic E-state index is -0.684. The first kappa shape index (κ1) is 13.2. The molecule has 0 aliphatic heterocycles. The molecule has 0 bridgehead atoms. The monoisotopic (exact) mass is 318 g/mol. The predicted molar refractivity (Wildman–Crippen MR) is 87.6 cm³/mol. The molecule has 0 fully saturated rings. The molecule has 2 aromatic carbocycles. The van der Waals surface area contributed by atoms with Crippen LogP contribution < -0.4 is 0 Å². The predicted octanol–water partition coefficient (Wildman–Crippen LogP) is 3.69. The molecule has 0 spiro atoms. The summed E-state index contributed by atoms with van der Waals surface area (Å²) in [4.78, 5) is 4.22. The van der Waals surface area contributed by atoms with Crippen molar-refractivity contribution in [1.82, 2.24) is 4.98 Å². The van der Waals surface area contributed by atoms with E-state index in [1.165, 1.54) is 36.4 Å². The summed E-state index contributed by atoms with van der Waals surface area (Å²) in [6.45, 7) is 4.48. The van der Waals surface area contributed by atoms with E-state index >= 15 is 0 Å². The second-order valence-corrected chi connectivity index (χ2v) is 4.25. The zero-order chi connectivity index (χ0) is 17.7. The number of rotatable bonds is 3. The Balaban J connectivity index is 0.000000647. The van der Waals surface area contributed by atoms with Crippen LogP contribution in [-0.4, -0.2) is 24.7 Å². The van der Waals surface area contributed by atoms with Gasteiger partial charge in [0.05, 0.1) is 0 Å². The molecule has 1 aromatic heterocycles. The Morgan fingerprint density at radius 1 is 1.50 bits per heavy atom. The van der Waals surface area contributed by atoms with Gasteiger partial charge in [0.25, 0.3) is 1.43 Å². The third-order valence-corrected chi connectivity index (χ3v) is 2.90. The van der Waals surface area contributed by atoms with Crippen LogP contribution in [-0.2, 0) is 0 Å². The van der Waals surface area contributed by atoms with Crippen molar-refractivity contribution in [2.45, 2.75) is 0 Å². The third kappa shape index (κ3) is 2.89. The van der Waals surface area contributed by atoms with E-state index in [1.54, 1.807) is 0 Å². The molecule has 4 nitrogen and oxygen atoms in total. The number of phenols is 2. The van der Waals surface area contributed by atoms with Gasteiger partial charge in [-0.2, -0.15) is 0 Å². The summed E-state index contributed by atoms with van der Waals surface area (Å²) in [5.41, 5.74) is 1.90. The number of phenolic OH excluding ortho intramolecular Hbond substituents is 2. The molecule has 0 amide bonds. The average molecular weight is 318 g/mol. The number of benzene rings is 2. The molecule has 0 aliphatic carbocycles. The van der Waals surface area contributed by atoms with Crippen LogP contribution >= 0.6 is 12.1 Å².